The molecule has 1 saturated heterocycles. The van der Waals surface area contributed by atoms with Crippen molar-refractivity contribution in [1.29, 1.82) is 0 Å². The van der Waals surface area contributed by atoms with Crippen molar-refractivity contribution in [2.75, 3.05) is 19.7 Å². The van der Waals surface area contributed by atoms with Gasteiger partial charge in [0.1, 0.15) is 0 Å². The van der Waals surface area contributed by atoms with Gasteiger partial charge >= 0.3 is 0 Å². The molecule has 2 heterocycles. The van der Waals surface area contributed by atoms with E-state index in [1.165, 1.54) is 6.20 Å². The molecule has 1 unspecified atom stereocenters. The van der Waals surface area contributed by atoms with Gasteiger partial charge in [0.15, 0.2) is 0 Å². The molecule has 0 aromatic carbocycles. The summed E-state index contributed by atoms with van der Waals surface area (Å²) < 4.78 is 0. The largest absolute Gasteiger partial charge is 0.396 e. The molecular weight excluding hydrogens is 240 g/mol. The summed E-state index contributed by atoms with van der Waals surface area (Å²) in [7, 11) is 0. The summed E-state index contributed by atoms with van der Waals surface area (Å²) in [5.74, 6) is 0.0874. The summed E-state index contributed by atoms with van der Waals surface area (Å²) >= 11 is 5.97. The van der Waals surface area contributed by atoms with Crippen LogP contribution in [0.1, 0.15) is 23.2 Å². The zero-order valence-corrected chi connectivity index (χ0v) is 10.2. The molecule has 1 aromatic rings. The molecule has 0 saturated carbocycles. The maximum absolute atomic E-state index is 12.2. The van der Waals surface area contributed by atoms with Crippen molar-refractivity contribution in [3.05, 3.63) is 29.0 Å². The lowest BCUT2D eigenvalue weighted by atomic mass is 9.98. The second-order valence-corrected chi connectivity index (χ2v) is 4.70. The number of carbonyl (C=O) groups excluding carboxylic acids is 1. The third kappa shape index (κ3) is 2.76. The standard InChI is InChI=1S/C12H15ClN2O2/c13-11-3-4-14-6-10(11)12(17)15-5-1-2-9(7-15)8-16/h3-4,6,9,16H,1-2,5,7-8H2. The van der Waals surface area contributed by atoms with Crippen molar-refractivity contribution in [2.24, 2.45) is 5.92 Å². The van der Waals surface area contributed by atoms with Gasteiger partial charge in [-0.2, -0.15) is 0 Å². The predicted molar refractivity (Wildman–Crippen MR) is 65.0 cm³/mol. The van der Waals surface area contributed by atoms with E-state index in [2.05, 4.69) is 4.98 Å². The summed E-state index contributed by atoms with van der Waals surface area (Å²) in [4.78, 5) is 17.9. The van der Waals surface area contributed by atoms with Gasteiger partial charge < -0.3 is 10.0 Å². The van der Waals surface area contributed by atoms with Crippen LogP contribution in [0.2, 0.25) is 5.02 Å². The molecule has 0 radical (unpaired) electrons. The first kappa shape index (κ1) is 12.3. The molecule has 1 aromatic heterocycles. The van der Waals surface area contributed by atoms with Gasteiger partial charge in [0.2, 0.25) is 0 Å². The SMILES string of the molecule is O=C(c1cnccc1Cl)N1CCCC(CO)C1. The summed E-state index contributed by atoms with van der Waals surface area (Å²) in [6, 6.07) is 1.61. The fourth-order valence-electron chi connectivity index (χ4n) is 2.10. The van der Waals surface area contributed by atoms with Gasteiger partial charge in [0.05, 0.1) is 10.6 Å². The number of aliphatic hydroxyl groups is 1. The minimum atomic E-state index is -0.0961. The van der Waals surface area contributed by atoms with Crippen molar-refractivity contribution >= 4 is 17.5 Å². The Kier molecular flexibility index (Phi) is 3.97. The number of pyridine rings is 1. The molecule has 4 nitrogen and oxygen atoms in total. The first-order chi connectivity index (χ1) is 8.22. The third-order valence-electron chi connectivity index (χ3n) is 3.06. The van der Waals surface area contributed by atoms with Crippen LogP contribution in [0.3, 0.4) is 0 Å². The number of piperidine rings is 1. The smallest absolute Gasteiger partial charge is 0.256 e. The van der Waals surface area contributed by atoms with E-state index in [0.717, 1.165) is 19.4 Å². The molecular formula is C12H15ClN2O2. The van der Waals surface area contributed by atoms with E-state index in [1.54, 1.807) is 17.2 Å². The number of hydrogen-bond donors (Lipinski definition) is 1. The van der Waals surface area contributed by atoms with E-state index in [-0.39, 0.29) is 18.4 Å². The van der Waals surface area contributed by atoms with Gasteiger partial charge in [-0.05, 0) is 24.8 Å². The molecule has 2 rings (SSSR count). The normalized spacial score (nSPS) is 20.4. The van der Waals surface area contributed by atoms with Crippen molar-refractivity contribution in [3.8, 4) is 0 Å². The average Bonchev–Trinajstić information content (AvgIpc) is 2.38. The highest BCUT2D eigenvalue weighted by Gasteiger charge is 2.25. The number of nitrogens with zero attached hydrogens (tertiary/aromatic N) is 2. The highest BCUT2D eigenvalue weighted by molar-refractivity contribution is 6.33. The Balaban J connectivity index is 2.12. The number of amides is 1. The molecule has 17 heavy (non-hydrogen) atoms. The van der Waals surface area contributed by atoms with Crippen LogP contribution in [-0.2, 0) is 0 Å². The Morgan fingerprint density at radius 3 is 3.18 bits per heavy atom. The molecule has 1 amide bonds. The maximum Gasteiger partial charge on any atom is 0.256 e. The van der Waals surface area contributed by atoms with E-state index in [0.29, 0.717) is 17.1 Å². The third-order valence-corrected chi connectivity index (χ3v) is 3.39. The van der Waals surface area contributed by atoms with Crippen molar-refractivity contribution < 1.29 is 9.90 Å². The molecule has 1 aliphatic heterocycles. The first-order valence-corrected chi connectivity index (χ1v) is 6.10. The highest BCUT2D eigenvalue weighted by Crippen LogP contribution is 2.21. The van der Waals surface area contributed by atoms with Crippen LogP contribution in [0.5, 0.6) is 0 Å². The van der Waals surface area contributed by atoms with Crippen LogP contribution in [0.4, 0.5) is 0 Å². The monoisotopic (exact) mass is 254 g/mol. The number of carbonyl (C=O) groups is 1. The molecule has 92 valence electrons. The highest BCUT2D eigenvalue weighted by atomic mass is 35.5. The van der Waals surface area contributed by atoms with Gasteiger partial charge in [0.25, 0.3) is 5.91 Å². The van der Waals surface area contributed by atoms with E-state index < -0.39 is 0 Å². The Labute approximate surface area is 105 Å². The van der Waals surface area contributed by atoms with Gasteiger partial charge in [-0.15, -0.1) is 0 Å². The lowest BCUT2D eigenvalue weighted by Crippen LogP contribution is -2.41. The summed E-state index contributed by atoms with van der Waals surface area (Å²) in [5, 5.41) is 9.57. The van der Waals surface area contributed by atoms with Crippen molar-refractivity contribution in [3.63, 3.8) is 0 Å². The van der Waals surface area contributed by atoms with Crippen molar-refractivity contribution in [1.82, 2.24) is 9.88 Å². The zero-order chi connectivity index (χ0) is 12.3. The molecule has 1 atom stereocenters. The molecule has 1 fully saturated rings. The first-order valence-electron chi connectivity index (χ1n) is 5.72. The fraction of sp³-hybridized carbons (Fsp3) is 0.500. The van der Waals surface area contributed by atoms with Gasteiger partial charge in [0, 0.05) is 32.1 Å². The Hall–Kier alpha value is -1.13. The average molecular weight is 255 g/mol. The number of aromatic nitrogens is 1. The van der Waals surface area contributed by atoms with E-state index >= 15 is 0 Å². The number of aliphatic hydroxyl groups excluding tert-OH is 1. The Morgan fingerprint density at radius 1 is 1.65 bits per heavy atom. The fourth-order valence-corrected chi connectivity index (χ4v) is 2.29. The number of likely N-dealkylation sites (tertiary alicyclic amines) is 1. The lowest BCUT2D eigenvalue weighted by Gasteiger charge is -2.32. The minimum absolute atomic E-state index is 0.0961. The lowest BCUT2D eigenvalue weighted by molar-refractivity contribution is 0.0620. The molecule has 0 spiro atoms. The van der Waals surface area contributed by atoms with E-state index in [1.807, 2.05) is 0 Å². The topological polar surface area (TPSA) is 53.4 Å². The Bertz CT molecular complexity index is 411. The van der Waals surface area contributed by atoms with Crippen LogP contribution in [-0.4, -0.2) is 40.6 Å². The van der Waals surface area contributed by atoms with Crippen LogP contribution in [0, 0.1) is 5.92 Å². The van der Waals surface area contributed by atoms with E-state index in [4.69, 9.17) is 16.7 Å². The van der Waals surface area contributed by atoms with E-state index in [9.17, 15) is 4.79 Å². The summed E-state index contributed by atoms with van der Waals surface area (Å²) in [6.07, 6.45) is 4.95. The zero-order valence-electron chi connectivity index (χ0n) is 9.47. The second-order valence-electron chi connectivity index (χ2n) is 4.30. The number of hydrogen-bond acceptors (Lipinski definition) is 3. The molecule has 0 aliphatic carbocycles. The number of halogens is 1. The maximum atomic E-state index is 12.2. The van der Waals surface area contributed by atoms with Gasteiger partial charge in [-0.25, -0.2) is 0 Å². The van der Waals surface area contributed by atoms with Gasteiger partial charge in [-0.1, -0.05) is 11.6 Å². The van der Waals surface area contributed by atoms with Crippen molar-refractivity contribution in [2.45, 2.75) is 12.8 Å². The van der Waals surface area contributed by atoms with Crippen LogP contribution >= 0.6 is 11.6 Å². The van der Waals surface area contributed by atoms with Crippen LogP contribution in [0.15, 0.2) is 18.5 Å². The molecule has 1 aliphatic rings. The molecule has 1 N–H and O–H groups in total. The van der Waals surface area contributed by atoms with Crippen LogP contribution < -0.4 is 0 Å². The minimum Gasteiger partial charge on any atom is -0.396 e. The molecule has 5 heteroatoms. The van der Waals surface area contributed by atoms with Crippen LogP contribution in [0.25, 0.3) is 0 Å². The summed E-state index contributed by atoms with van der Waals surface area (Å²) in [5.41, 5.74) is 0.438. The molecule has 0 bridgehead atoms. The van der Waals surface area contributed by atoms with Gasteiger partial charge in [-0.3, -0.25) is 9.78 Å². The number of rotatable bonds is 2. The Morgan fingerprint density at radius 2 is 2.47 bits per heavy atom. The summed E-state index contributed by atoms with van der Waals surface area (Å²) in [6.45, 7) is 1.45. The quantitative estimate of drug-likeness (QED) is 0.872. The predicted octanol–water partition coefficient (Wildman–Crippen LogP) is 1.58. The second kappa shape index (κ2) is 5.47.